The molecule has 0 unspecified atom stereocenters. The predicted octanol–water partition coefficient (Wildman–Crippen LogP) is 5.69. The highest BCUT2D eigenvalue weighted by atomic mass is 35.5. The van der Waals surface area contributed by atoms with Gasteiger partial charge in [0, 0.05) is 16.8 Å². The Hall–Kier alpha value is -2.56. The zero-order valence-corrected chi connectivity index (χ0v) is 21.3. The van der Waals surface area contributed by atoms with Gasteiger partial charge in [-0.15, -0.1) is 0 Å². The molecule has 0 heterocycles. The molecular formula is C24H23ClF3NO4S2. The first-order chi connectivity index (χ1) is 16.4. The number of sulfonamides is 1. The molecule has 0 aliphatic heterocycles. The van der Waals surface area contributed by atoms with Gasteiger partial charge in [0.2, 0.25) is 0 Å². The Labute approximate surface area is 208 Å². The lowest BCUT2D eigenvalue weighted by atomic mass is 9.99. The molecule has 3 aromatic carbocycles. The molecule has 3 rings (SSSR count). The lowest BCUT2D eigenvalue weighted by molar-refractivity contribution is 0.569. The Morgan fingerprint density at radius 2 is 1.49 bits per heavy atom. The smallest absolute Gasteiger partial charge is 0.256 e. The van der Waals surface area contributed by atoms with Crippen molar-refractivity contribution in [1.29, 1.82) is 0 Å². The van der Waals surface area contributed by atoms with Gasteiger partial charge < -0.3 is 0 Å². The molecule has 188 valence electrons. The fourth-order valence-electron chi connectivity index (χ4n) is 3.66. The average Bonchev–Trinajstić information content (AvgIpc) is 2.80. The second kappa shape index (κ2) is 10.6. The fraction of sp³-hybridized carbons (Fsp3) is 0.250. The van der Waals surface area contributed by atoms with Crippen molar-refractivity contribution in [2.75, 3.05) is 15.8 Å². The number of benzene rings is 3. The third kappa shape index (κ3) is 6.17. The third-order valence-corrected chi connectivity index (χ3v) is 9.40. The zero-order chi connectivity index (χ0) is 26.0. The SMILES string of the molecule is CCS(=O)(=O)CCc1cc(F)ccc1[C@@H](C)N(c1cc(F)ccc1F)S(=O)(=O)c1ccc(Cl)cc1. The number of sulfone groups is 1. The minimum atomic E-state index is -4.48. The number of anilines is 1. The monoisotopic (exact) mass is 545 g/mol. The Balaban J connectivity index is 2.20. The van der Waals surface area contributed by atoms with Crippen molar-refractivity contribution in [2.45, 2.75) is 31.2 Å². The summed E-state index contributed by atoms with van der Waals surface area (Å²) in [6.45, 7) is 2.92. The summed E-state index contributed by atoms with van der Waals surface area (Å²) in [7, 11) is -7.89. The number of aryl methyl sites for hydroxylation is 1. The molecule has 11 heteroatoms. The molecule has 0 fully saturated rings. The quantitative estimate of drug-likeness (QED) is 0.346. The molecule has 0 saturated heterocycles. The van der Waals surface area contributed by atoms with Gasteiger partial charge in [0.15, 0.2) is 0 Å². The summed E-state index contributed by atoms with van der Waals surface area (Å²) in [6.07, 6.45) is -0.0892. The average molecular weight is 546 g/mol. The van der Waals surface area contributed by atoms with Gasteiger partial charge >= 0.3 is 0 Å². The van der Waals surface area contributed by atoms with Gasteiger partial charge in [-0.25, -0.2) is 30.0 Å². The second-order valence-corrected chi connectivity index (χ2v) is 12.6. The highest BCUT2D eigenvalue weighted by Crippen LogP contribution is 2.37. The molecule has 1 atom stereocenters. The largest absolute Gasteiger partial charge is 0.264 e. The van der Waals surface area contributed by atoms with Crippen LogP contribution in [0.2, 0.25) is 5.02 Å². The maximum atomic E-state index is 14.9. The van der Waals surface area contributed by atoms with Crippen LogP contribution in [0.5, 0.6) is 0 Å². The lowest BCUT2D eigenvalue weighted by Crippen LogP contribution is -2.35. The third-order valence-electron chi connectivity index (χ3n) is 5.55. The van der Waals surface area contributed by atoms with E-state index in [0.29, 0.717) is 4.31 Å². The molecule has 0 aliphatic carbocycles. The molecule has 35 heavy (non-hydrogen) atoms. The van der Waals surface area contributed by atoms with Gasteiger partial charge in [-0.05, 0) is 73.0 Å². The maximum Gasteiger partial charge on any atom is 0.264 e. The van der Waals surface area contributed by atoms with Crippen molar-refractivity contribution in [1.82, 2.24) is 0 Å². The molecule has 0 aliphatic rings. The first-order valence-corrected chi connectivity index (χ1v) is 14.2. The molecule has 0 amide bonds. The molecule has 3 aromatic rings. The highest BCUT2D eigenvalue weighted by Gasteiger charge is 2.34. The summed E-state index contributed by atoms with van der Waals surface area (Å²) in [4.78, 5) is -0.227. The van der Waals surface area contributed by atoms with Gasteiger partial charge in [-0.1, -0.05) is 24.6 Å². The van der Waals surface area contributed by atoms with Crippen LogP contribution >= 0.6 is 11.6 Å². The number of rotatable bonds is 9. The Kier molecular flexibility index (Phi) is 8.18. The molecule has 0 aromatic heterocycles. The van der Waals surface area contributed by atoms with Crippen LogP contribution in [0.15, 0.2) is 65.6 Å². The molecule has 0 bridgehead atoms. The highest BCUT2D eigenvalue weighted by molar-refractivity contribution is 7.92. The van der Waals surface area contributed by atoms with E-state index in [-0.39, 0.29) is 39.0 Å². The van der Waals surface area contributed by atoms with Crippen molar-refractivity contribution in [3.63, 3.8) is 0 Å². The van der Waals surface area contributed by atoms with Crippen LogP contribution in [-0.2, 0) is 26.3 Å². The minimum Gasteiger partial charge on any atom is -0.256 e. The van der Waals surface area contributed by atoms with Gasteiger partial charge in [-0.2, -0.15) is 0 Å². The van der Waals surface area contributed by atoms with Crippen LogP contribution in [0.4, 0.5) is 18.9 Å². The molecule has 0 N–H and O–H groups in total. The number of hydrogen-bond donors (Lipinski definition) is 0. The Morgan fingerprint density at radius 3 is 2.11 bits per heavy atom. The molecule has 0 radical (unpaired) electrons. The van der Waals surface area contributed by atoms with Crippen LogP contribution in [0.1, 0.15) is 31.0 Å². The van der Waals surface area contributed by atoms with Crippen molar-refractivity contribution in [3.8, 4) is 0 Å². The summed E-state index contributed by atoms with van der Waals surface area (Å²) in [6, 6.07) is 9.94. The van der Waals surface area contributed by atoms with E-state index >= 15 is 0 Å². The van der Waals surface area contributed by atoms with Crippen LogP contribution in [0, 0.1) is 17.5 Å². The first-order valence-electron chi connectivity index (χ1n) is 10.6. The number of hydrogen-bond acceptors (Lipinski definition) is 4. The van der Waals surface area contributed by atoms with Crippen molar-refractivity contribution in [3.05, 3.63) is 94.3 Å². The Bertz CT molecular complexity index is 1430. The van der Waals surface area contributed by atoms with Crippen LogP contribution < -0.4 is 4.31 Å². The van der Waals surface area contributed by atoms with Crippen LogP contribution in [0.3, 0.4) is 0 Å². The van der Waals surface area contributed by atoms with Gasteiger partial charge in [0.05, 0.1) is 22.4 Å². The van der Waals surface area contributed by atoms with E-state index in [0.717, 1.165) is 30.3 Å². The van der Waals surface area contributed by atoms with Crippen LogP contribution in [-0.4, -0.2) is 28.3 Å². The summed E-state index contributed by atoms with van der Waals surface area (Å²) in [5, 5.41) is 0.276. The zero-order valence-electron chi connectivity index (χ0n) is 18.9. The molecule has 5 nitrogen and oxygen atoms in total. The fourth-order valence-corrected chi connectivity index (χ4v) is 6.24. The molecule has 0 spiro atoms. The summed E-state index contributed by atoms with van der Waals surface area (Å²) >= 11 is 5.88. The standard InChI is InChI=1S/C24H23ClF3NO4S2/c1-3-34(30,31)13-12-17-14-19(26)6-10-22(17)16(2)29(24-15-20(27)7-11-23(24)28)35(32,33)21-8-4-18(25)5-9-21/h4-11,14-16H,3,12-13H2,1-2H3/t16-/m1/s1. The van der Waals surface area contributed by atoms with Gasteiger partial charge in [-0.3, -0.25) is 4.31 Å². The van der Waals surface area contributed by atoms with Crippen LogP contribution in [0.25, 0.3) is 0 Å². The van der Waals surface area contributed by atoms with Gasteiger partial charge in [0.1, 0.15) is 27.3 Å². The maximum absolute atomic E-state index is 14.9. The van der Waals surface area contributed by atoms with E-state index in [2.05, 4.69) is 0 Å². The van der Waals surface area contributed by atoms with E-state index < -0.39 is 49.0 Å². The number of nitrogens with zero attached hydrogens (tertiary/aromatic N) is 1. The lowest BCUT2D eigenvalue weighted by Gasteiger charge is -2.32. The normalized spacial score (nSPS) is 13.0. The second-order valence-electron chi connectivity index (χ2n) is 7.86. The first kappa shape index (κ1) is 27.0. The topological polar surface area (TPSA) is 71.5 Å². The summed E-state index contributed by atoms with van der Waals surface area (Å²) < 4.78 is 95.3. The minimum absolute atomic E-state index is 0.0892. The van der Waals surface area contributed by atoms with Crippen molar-refractivity contribution < 1.29 is 30.0 Å². The van der Waals surface area contributed by atoms with E-state index in [1.54, 1.807) is 0 Å². The summed E-state index contributed by atoms with van der Waals surface area (Å²) in [5.74, 6) is -2.90. The Morgan fingerprint density at radius 1 is 0.886 bits per heavy atom. The summed E-state index contributed by atoms with van der Waals surface area (Å²) in [5.41, 5.74) is -0.0644. The van der Waals surface area contributed by atoms with E-state index in [4.69, 9.17) is 11.6 Å². The predicted molar refractivity (Wildman–Crippen MR) is 130 cm³/mol. The van der Waals surface area contributed by atoms with E-state index in [1.807, 2.05) is 0 Å². The van der Waals surface area contributed by atoms with Crippen molar-refractivity contribution in [2.24, 2.45) is 0 Å². The molecular weight excluding hydrogens is 523 g/mol. The van der Waals surface area contributed by atoms with E-state index in [9.17, 15) is 30.0 Å². The van der Waals surface area contributed by atoms with E-state index in [1.165, 1.54) is 44.2 Å². The molecule has 0 saturated carbocycles. The number of halogens is 4. The van der Waals surface area contributed by atoms with Crippen molar-refractivity contribution >= 4 is 37.1 Å². The van der Waals surface area contributed by atoms with Gasteiger partial charge in [0.25, 0.3) is 10.0 Å².